The van der Waals surface area contributed by atoms with Gasteiger partial charge in [-0.2, -0.15) is 0 Å². The van der Waals surface area contributed by atoms with E-state index in [4.69, 9.17) is 0 Å². The van der Waals surface area contributed by atoms with Crippen molar-refractivity contribution < 1.29 is 9.18 Å². The van der Waals surface area contributed by atoms with Crippen molar-refractivity contribution >= 4 is 11.6 Å². The number of halogens is 1. The number of likely N-dealkylation sites (tertiary alicyclic amines) is 1. The van der Waals surface area contributed by atoms with Crippen molar-refractivity contribution in [2.45, 2.75) is 26.3 Å². The molecule has 0 aromatic heterocycles. The molecule has 4 heteroatoms. The highest BCUT2D eigenvalue weighted by atomic mass is 19.1. The van der Waals surface area contributed by atoms with Crippen molar-refractivity contribution in [3.05, 3.63) is 65.5 Å². The molecule has 0 saturated carbocycles. The number of nitrogens with one attached hydrogen (secondary N) is 1. The quantitative estimate of drug-likeness (QED) is 0.921. The summed E-state index contributed by atoms with van der Waals surface area (Å²) < 4.78 is 12.9. The first kappa shape index (κ1) is 16.7. The normalized spacial score (nSPS) is 18.3. The van der Waals surface area contributed by atoms with E-state index in [0.717, 1.165) is 32.5 Å². The molecule has 0 spiro atoms. The second-order valence-electron chi connectivity index (χ2n) is 6.56. The Morgan fingerprint density at radius 1 is 1.25 bits per heavy atom. The van der Waals surface area contributed by atoms with Gasteiger partial charge in [-0.1, -0.05) is 29.8 Å². The number of hydrogen-bond donors (Lipinski definition) is 1. The molecule has 1 aliphatic heterocycles. The molecular formula is C20H23FN2O. The van der Waals surface area contributed by atoms with E-state index in [9.17, 15) is 9.18 Å². The zero-order valence-corrected chi connectivity index (χ0v) is 14.0. The van der Waals surface area contributed by atoms with E-state index < -0.39 is 0 Å². The van der Waals surface area contributed by atoms with Crippen molar-refractivity contribution in [3.8, 4) is 0 Å². The lowest BCUT2D eigenvalue weighted by molar-refractivity contribution is -0.121. The molecule has 0 radical (unpaired) electrons. The highest BCUT2D eigenvalue weighted by Gasteiger charge is 2.25. The SMILES string of the molecule is Cc1cccc(CN2CCCC(C(=O)Nc3ccc(F)cc3)C2)c1. The van der Waals surface area contributed by atoms with E-state index >= 15 is 0 Å². The predicted molar refractivity (Wildman–Crippen MR) is 94.2 cm³/mol. The fourth-order valence-corrected chi connectivity index (χ4v) is 3.26. The molecule has 3 nitrogen and oxygen atoms in total. The minimum atomic E-state index is -0.296. The first-order valence-corrected chi connectivity index (χ1v) is 8.44. The average molecular weight is 326 g/mol. The number of rotatable bonds is 4. The standard InChI is InChI=1S/C20H23FN2O/c1-15-4-2-5-16(12-15)13-23-11-3-6-17(14-23)20(24)22-19-9-7-18(21)8-10-19/h2,4-5,7-10,12,17H,3,6,11,13-14H2,1H3,(H,22,24). The minimum Gasteiger partial charge on any atom is -0.326 e. The molecule has 1 fully saturated rings. The van der Waals surface area contributed by atoms with Crippen LogP contribution < -0.4 is 5.32 Å². The third kappa shape index (κ3) is 4.42. The van der Waals surface area contributed by atoms with Gasteiger partial charge in [-0.25, -0.2) is 4.39 Å². The van der Waals surface area contributed by atoms with Crippen LogP contribution in [0.5, 0.6) is 0 Å². The maximum atomic E-state index is 12.9. The third-order valence-electron chi connectivity index (χ3n) is 4.48. The molecule has 2 aromatic carbocycles. The smallest absolute Gasteiger partial charge is 0.228 e. The van der Waals surface area contributed by atoms with Crippen molar-refractivity contribution in [3.63, 3.8) is 0 Å². The Morgan fingerprint density at radius 2 is 2.04 bits per heavy atom. The van der Waals surface area contributed by atoms with Crippen LogP contribution in [0.15, 0.2) is 48.5 Å². The number of benzene rings is 2. The van der Waals surface area contributed by atoms with Gasteiger partial charge in [0.15, 0.2) is 0 Å². The van der Waals surface area contributed by atoms with Crippen LogP contribution in [0.25, 0.3) is 0 Å². The summed E-state index contributed by atoms with van der Waals surface area (Å²) >= 11 is 0. The molecule has 1 atom stereocenters. The molecule has 24 heavy (non-hydrogen) atoms. The largest absolute Gasteiger partial charge is 0.326 e. The van der Waals surface area contributed by atoms with Gasteiger partial charge in [-0.05, 0) is 56.1 Å². The summed E-state index contributed by atoms with van der Waals surface area (Å²) in [4.78, 5) is 14.8. The fourth-order valence-electron chi connectivity index (χ4n) is 3.26. The van der Waals surface area contributed by atoms with Gasteiger partial charge < -0.3 is 5.32 Å². The second kappa shape index (κ2) is 7.58. The zero-order valence-electron chi connectivity index (χ0n) is 14.0. The van der Waals surface area contributed by atoms with E-state index in [1.165, 1.54) is 23.3 Å². The molecular weight excluding hydrogens is 303 g/mol. The first-order chi connectivity index (χ1) is 11.6. The monoisotopic (exact) mass is 326 g/mol. The van der Waals surface area contributed by atoms with Crippen LogP contribution >= 0.6 is 0 Å². The van der Waals surface area contributed by atoms with Crippen LogP contribution in [-0.2, 0) is 11.3 Å². The Morgan fingerprint density at radius 3 is 2.79 bits per heavy atom. The molecule has 1 saturated heterocycles. The van der Waals surface area contributed by atoms with Gasteiger partial charge >= 0.3 is 0 Å². The molecule has 0 aliphatic carbocycles. The number of aryl methyl sites for hydroxylation is 1. The van der Waals surface area contributed by atoms with Crippen LogP contribution in [0.1, 0.15) is 24.0 Å². The number of amides is 1. The lowest BCUT2D eigenvalue weighted by atomic mass is 9.96. The summed E-state index contributed by atoms with van der Waals surface area (Å²) in [6.45, 7) is 4.76. The van der Waals surface area contributed by atoms with Gasteiger partial charge in [0.1, 0.15) is 5.82 Å². The van der Waals surface area contributed by atoms with E-state index in [1.54, 1.807) is 12.1 Å². The Hall–Kier alpha value is -2.20. The van der Waals surface area contributed by atoms with Gasteiger partial charge in [0.2, 0.25) is 5.91 Å². The molecule has 1 N–H and O–H groups in total. The van der Waals surface area contributed by atoms with Crippen LogP contribution in [0, 0.1) is 18.7 Å². The highest BCUT2D eigenvalue weighted by Crippen LogP contribution is 2.21. The number of hydrogen-bond acceptors (Lipinski definition) is 2. The van der Waals surface area contributed by atoms with Crippen LogP contribution in [0.3, 0.4) is 0 Å². The van der Waals surface area contributed by atoms with Gasteiger partial charge in [0, 0.05) is 18.8 Å². The molecule has 1 unspecified atom stereocenters. The van der Waals surface area contributed by atoms with E-state index in [1.807, 2.05) is 0 Å². The summed E-state index contributed by atoms with van der Waals surface area (Å²) in [6, 6.07) is 14.4. The number of carbonyl (C=O) groups excluding carboxylic acids is 1. The van der Waals surface area contributed by atoms with Crippen LogP contribution in [0.4, 0.5) is 10.1 Å². The van der Waals surface area contributed by atoms with Gasteiger partial charge in [-0.15, -0.1) is 0 Å². The molecule has 3 rings (SSSR count). The number of carbonyl (C=O) groups is 1. The predicted octanol–water partition coefficient (Wildman–Crippen LogP) is 3.98. The first-order valence-electron chi connectivity index (χ1n) is 8.44. The molecule has 1 aliphatic rings. The third-order valence-corrected chi connectivity index (χ3v) is 4.48. The zero-order chi connectivity index (χ0) is 16.9. The Labute approximate surface area is 142 Å². The Bertz CT molecular complexity index is 699. The Kier molecular flexibility index (Phi) is 5.26. The summed E-state index contributed by atoms with van der Waals surface area (Å²) in [5.41, 5.74) is 3.20. The maximum Gasteiger partial charge on any atom is 0.228 e. The number of anilines is 1. The van der Waals surface area contributed by atoms with Crippen molar-refractivity contribution in [2.24, 2.45) is 5.92 Å². The topological polar surface area (TPSA) is 32.3 Å². The summed E-state index contributed by atoms with van der Waals surface area (Å²) in [6.07, 6.45) is 1.92. The maximum absolute atomic E-state index is 12.9. The van der Waals surface area contributed by atoms with Crippen molar-refractivity contribution in [1.82, 2.24) is 4.90 Å². The molecule has 126 valence electrons. The van der Waals surface area contributed by atoms with E-state index in [0.29, 0.717) is 5.69 Å². The van der Waals surface area contributed by atoms with Crippen LogP contribution in [-0.4, -0.2) is 23.9 Å². The number of piperidine rings is 1. The van der Waals surface area contributed by atoms with E-state index in [2.05, 4.69) is 41.4 Å². The molecule has 1 heterocycles. The molecule has 0 bridgehead atoms. The molecule has 1 amide bonds. The van der Waals surface area contributed by atoms with Gasteiger partial charge in [0.05, 0.1) is 5.92 Å². The summed E-state index contributed by atoms with van der Waals surface area (Å²) in [7, 11) is 0. The van der Waals surface area contributed by atoms with Gasteiger partial charge in [-0.3, -0.25) is 9.69 Å². The van der Waals surface area contributed by atoms with E-state index in [-0.39, 0.29) is 17.6 Å². The fraction of sp³-hybridized carbons (Fsp3) is 0.350. The highest BCUT2D eigenvalue weighted by molar-refractivity contribution is 5.92. The average Bonchev–Trinajstić information content (AvgIpc) is 2.57. The Balaban J connectivity index is 1.58. The molecule has 2 aromatic rings. The summed E-state index contributed by atoms with van der Waals surface area (Å²) in [5, 5.41) is 2.90. The minimum absolute atomic E-state index is 0.0198. The van der Waals surface area contributed by atoms with Crippen molar-refractivity contribution in [2.75, 3.05) is 18.4 Å². The van der Waals surface area contributed by atoms with Crippen molar-refractivity contribution in [1.29, 1.82) is 0 Å². The summed E-state index contributed by atoms with van der Waals surface area (Å²) in [5.74, 6) is -0.292. The lowest BCUT2D eigenvalue weighted by Crippen LogP contribution is -2.40. The van der Waals surface area contributed by atoms with Gasteiger partial charge in [0.25, 0.3) is 0 Å². The van der Waals surface area contributed by atoms with Crippen LogP contribution in [0.2, 0.25) is 0 Å². The lowest BCUT2D eigenvalue weighted by Gasteiger charge is -2.32. The number of nitrogens with zero attached hydrogens (tertiary/aromatic N) is 1. The second-order valence-corrected chi connectivity index (χ2v) is 6.56.